The summed E-state index contributed by atoms with van der Waals surface area (Å²) in [6, 6.07) is 11.9. The Bertz CT molecular complexity index is 935. The van der Waals surface area contributed by atoms with Crippen LogP contribution in [0.4, 0.5) is 0 Å². The SMILES string of the molecule is CON=C(c1ccc(Cl)cc1)C1CCN(C(=O)C2CCN(CCCc3ccncc3)CC2)CC1. The lowest BCUT2D eigenvalue weighted by molar-refractivity contribution is -0.138. The minimum atomic E-state index is 0.163. The van der Waals surface area contributed by atoms with Crippen LogP contribution in [-0.4, -0.2) is 66.2 Å². The molecule has 7 heteroatoms. The summed E-state index contributed by atoms with van der Waals surface area (Å²) in [5.41, 5.74) is 3.33. The van der Waals surface area contributed by atoms with E-state index in [0.29, 0.717) is 10.9 Å². The Morgan fingerprint density at radius 3 is 2.29 bits per heavy atom. The van der Waals surface area contributed by atoms with Gasteiger partial charge in [0.15, 0.2) is 0 Å². The van der Waals surface area contributed by atoms with Crippen molar-refractivity contribution < 1.29 is 9.63 Å². The average molecular weight is 483 g/mol. The Kier molecular flexibility index (Phi) is 8.94. The van der Waals surface area contributed by atoms with Gasteiger partial charge >= 0.3 is 0 Å². The summed E-state index contributed by atoms with van der Waals surface area (Å²) in [5.74, 6) is 0.787. The highest BCUT2D eigenvalue weighted by Crippen LogP contribution is 2.27. The van der Waals surface area contributed by atoms with Gasteiger partial charge in [-0.1, -0.05) is 28.9 Å². The molecule has 4 rings (SSSR count). The van der Waals surface area contributed by atoms with Crippen LogP contribution in [0.2, 0.25) is 5.02 Å². The molecule has 182 valence electrons. The molecule has 2 aliphatic rings. The van der Waals surface area contributed by atoms with E-state index in [1.165, 1.54) is 5.56 Å². The van der Waals surface area contributed by atoms with E-state index >= 15 is 0 Å². The monoisotopic (exact) mass is 482 g/mol. The first kappa shape index (κ1) is 24.7. The third kappa shape index (κ3) is 6.57. The molecule has 0 N–H and O–H groups in total. The number of aromatic nitrogens is 1. The van der Waals surface area contributed by atoms with E-state index in [1.54, 1.807) is 7.11 Å². The summed E-state index contributed by atoms with van der Waals surface area (Å²) in [6.45, 7) is 4.70. The predicted molar refractivity (Wildman–Crippen MR) is 136 cm³/mol. The van der Waals surface area contributed by atoms with Gasteiger partial charge in [0.25, 0.3) is 0 Å². The van der Waals surface area contributed by atoms with Crippen LogP contribution in [0, 0.1) is 11.8 Å². The van der Waals surface area contributed by atoms with Crippen LogP contribution >= 0.6 is 11.6 Å². The molecule has 1 aromatic heterocycles. The van der Waals surface area contributed by atoms with Gasteiger partial charge in [0.2, 0.25) is 5.91 Å². The van der Waals surface area contributed by atoms with E-state index in [-0.39, 0.29) is 11.8 Å². The molecule has 1 aromatic carbocycles. The van der Waals surface area contributed by atoms with Crippen molar-refractivity contribution in [2.45, 2.75) is 38.5 Å². The fourth-order valence-corrected chi connectivity index (χ4v) is 5.30. The third-order valence-electron chi connectivity index (χ3n) is 7.15. The van der Waals surface area contributed by atoms with Crippen LogP contribution in [0.25, 0.3) is 0 Å². The lowest BCUT2D eigenvalue weighted by Crippen LogP contribution is -2.46. The molecule has 2 aliphatic heterocycles. The molecule has 2 fully saturated rings. The number of hydrogen-bond donors (Lipinski definition) is 0. The van der Waals surface area contributed by atoms with Crippen LogP contribution in [0.15, 0.2) is 53.9 Å². The Morgan fingerprint density at radius 2 is 1.65 bits per heavy atom. The van der Waals surface area contributed by atoms with Crippen molar-refractivity contribution in [3.8, 4) is 0 Å². The third-order valence-corrected chi connectivity index (χ3v) is 7.40. The largest absolute Gasteiger partial charge is 0.399 e. The first-order valence-corrected chi connectivity index (χ1v) is 12.8. The number of halogens is 1. The topological polar surface area (TPSA) is 58.0 Å². The first-order chi connectivity index (χ1) is 16.6. The van der Waals surface area contributed by atoms with Crippen LogP contribution in [0.1, 0.15) is 43.2 Å². The molecule has 1 amide bonds. The molecule has 0 aliphatic carbocycles. The van der Waals surface area contributed by atoms with Crippen molar-refractivity contribution in [3.63, 3.8) is 0 Å². The molecule has 0 radical (unpaired) electrons. The molecule has 6 nitrogen and oxygen atoms in total. The summed E-state index contributed by atoms with van der Waals surface area (Å²) in [5, 5.41) is 5.03. The number of piperidine rings is 2. The zero-order chi connectivity index (χ0) is 23.8. The summed E-state index contributed by atoms with van der Waals surface area (Å²) >= 11 is 6.05. The number of amides is 1. The summed E-state index contributed by atoms with van der Waals surface area (Å²) in [6.07, 6.45) is 9.70. The highest BCUT2D eigenvalue weighted by Gasteiger charge is 2.32. The second-order valence-electron chi connectivity index (χ2n) is 9.34. The second-order valence-corrected chi connectivity index (χ2v) is 9.78. The summed E-state index contributed by atoms with van der Waals surface area (Å²) < 4.78 is 0. The lowest BCUT2D eigenvalue weighted by Gasteiger charge is -2.37. The van der Waals surface area contributed by atoms with Crippen molar-refractivity contribution in [2.24, 2.45) is 17.0 Å². The fraction of sp³-hybridized carbons (Fsp3) is 0.519. The van der Waals surface area contributed by atoms with Crippen LogP contribution in [-0.2, 0) is 16.1 Å². The van der Waals surface area contributed by atoms with Crippen molar-refractivity contribution in [1.29, 1.82) is 0 Å². The number of aryl methyl sites for hydroxylation is 1. The second kappa shape index (κ2) is 12.3. The van der Waals surface area contributed by atoms with Crippen molar-refractivity contribution in [1.82, 2.24) is 14.8 Å². The predicted octanol–water partition coefficient (Wildman–Crippen LogP) is 4.67. The normalized spacial score (nSPS) is 18.8. The van der Waals surface area contributed by atoms with Crippen LogP contribution < -0.4 is 0 Å². The van der Waals surface area contributed by atoms with Gasteiger partial charge in [-0.15, -0.1) is 0 Å². The molecule has 2 aromatic rings. The molecule has 3 heterocycles. The molecule has 0 bridgehead atoms. The standard InChI is InChI=1S/C27H35ClN4O2/c1-34-30-26(22-4-6-25(28)7-5-22)23-12-19-32(20-13-23)27(33)24-10-17-31(18-11-24)16-2-3-21-8-14-29-15-9-21/h4-9,14-15,23-24H,2-3,10-13,16-20H2,1H3. The number of likely N-dealkylation sites (tertiary alicyclic amines) is 2. The fourth-order valence-electron chi connectivity index (χ4n) is 5.17. The highest BCUT2D eigenvalue weighted by molar-refractivity contribution is 6.30. The molecule has 0 saturated carbocycles. The molecule has 34 heavy (non-hydrogen) atoms. The summed E-state index contributed by atoms with van der Waals surface area (Å²) in [7, 11) is 1.58. The molecule has 2 saturated heterocycles. The number of oxime groups is 1. The van der Waals surface area contributed by atoms with E-state index in [0.717, 1.165) is 82.5 Å². The lowest BCUT2D eigenvalue weighted by atomic mass is 9.87. The van der Waals surface area contributed by atoms with E-state index < -0.39 is 0 Å². The maximum absolute atomic E-state index is 13.2. The van der Waals surface area contributed by atoms with Gasteiger partial charge in [-0.05, 0) is 93.6 Å². The smallest absolute Gasteiger partial charge is 0.225 e. The van der Waals surface area contributed by atoms with E-state index in [1.807, 2.05) is 36.7 Å². The minimum absolute atomic E-state index is 0.163. The van der Waals surface area contributed by atoms with E-state index in [2.05, 4.69) is 32.1 Å². The van der Waals surface area contributed by atoms with Gasteiger partial charge < -0.3 is 14.6 Å². The number of carbonyl (C=O) groups is 1. The molecule has 0 spiro atoms. The van der Waals surface area contributed by atoms with Gasteiger partial charge in [0.1, 0.15) is 7.11 Å². The number of rotatable bonds is 8. The van der Waals surface area contributed by atoms with Crippen LogP contribution in [0.5, 0.6) is 0 Å². The highest BCUT2D eigenvalue weighted by atomic mass is 35.5. The first-order valence-electron chi connectivity index (χ1n) is 12.4. The quantitative estimate of drug-likeness (QED) is 0.405. The van der Waals surface area contributed by atoms with Gasteiger partial charge in [0, 0.05) is 42.3 Å². The Hall–Kier alpha value is -2.44. The molecular formula is C27H35ClN4O2. The van der Waals surface area contributed by atoms with Gasteiger partial charge in [-0.3, -0.25) is 9.78 Å². The minimum Gasteiger partial charge on any atom is -0.399 e. The molecular weight excluding hydrogens is 448 g/mol. The zero-order valence-electron chi connectivity index (χ0n) is 20.0. The molecule has 0 unspecified atom stereocenters. The number of hydrogen-bond acceptors (Lipinski definition) is 5. The van der Waals surface area contributed by atoms with Crippen LogP contribution in [0.3, 0.4) is 0 Å². The summed E-state index contributed by atoms with van der Waals surface area (Å²) in [4.78, 5) is 27.0. The Labute approximate surface area is 207 Å². The Morgan fingerprint density at radius 1 is 1.00 bits per heavy atom. The van der Waals surface area contributed by atoms with Crippen molar-refractivity contribution in [3.05, 3.63) is 64.9 Å². The number of benzene rings is 1. The maximum Gasteiger partial charge on any atom is 0.225 e. The average Bonchev–Trinajstić information content (AvgIpc) is 2.89. The number of nitrogens with zero attached hydrogens (tertiary/aromatic N) is 4. The van der Waals surface area contributed by atoms with E-state index in [4.69, 9.17) is 16.4 Å². The van der Waals surface area contributed by atoms with Gasteiger partial charge in [-0.25, -0.2) is 0 Å². The van der Waals surface area contributed by atoms with Crippen molar-refractivity contribution >= 4 is 23.2 Å². The zero-order valence-corrected chi connectivity index (χ0v) is 20.8. The van der Waals surface area contributed by atoms with Gasteiger partial charge in [-0.2, -0.15) is 0 Å². The van der Waals surface area contributed by atoms with E-state index in [9.17, 15) is 4.79 Å². The number of pyridine rings is 1. The maximum atomic E-state index is 13.2. The number of carbonyl (C=O) groups excluding carboxylic acids is 1. The Balaban J connectivity index is 1.21. The van der Waals surface area contributed by atoms with Gasteiger partial charge in [0.05, 0.1) is 5.71 Å². The molecule has 0 atom stereocenters. The van der Waals surface area contributed by atoms with Crippen molar-refractivity contribution in [2.75, 3.05) is 39.8 Å².